The summed E-state index contributed by atoms with van der Waals surface area (Å²) >= 11 is 1.69. The molecule has 0 atom stereocenters. The van der Waals surface area contributed by atoms with Crippen LogP contribution in [-0.2, 0) is 24.2 Å². The zero-order valence-electron chi connectivity index (χ0n) is 20.8. The number of nitrogens with one attached hydrogen (secondary N) is 1. The molecule has 2 amide bonds. The molecule has 188 valence electrons. The Morgan fingerprint density at radius 3 is 2.74 bits per heavy atom. The molecule has 1 fully saturated rings. The lowest BCUT2D eigenvalue weighted by atomic mass is 9.73. The number of likely N-dealkylation sites (tertiary alicyclic amines) is 1. The number of para-hydroxylation sites is 1. The number of nitrogens with zero attached hydrogens (tertiary/aromatic N) is 2. The van der Waals surface area contributed by atoms with Gasteiger partial charge in [0.05, 0.1) is 17.5 Å². The van der Waals surface area contributed by atoms with Gasteiger partial charge in [-0.3, -0.25) is 9.59 Å². The molecule has 1 aromatic heterocycles. The fourth-order valence-electron chi connectivity index (χ4n) is 5.92. The topological polar surface area (TPSA) is 61.9 Å². The Bertz CT molecular complexity index is 1060. The molecule has 2 aromatic rings. The monoisotopic (exact) mass is 495 g/mol. The van der Waals surface area contributed by atoms with E-state index in [1.54, 1.807) is 11.3 Å². The summed E-state index contributed by atoms with van der Waals surface area (Å²) in [6.07, 6.45) is 7.58. The first-order chi connectivity index (χ1) is 17.1. The number of hydrogen-bond donors (Lipinski definition) is 1. The quantitative estimate of drug-likeness (QED) is 0.642. The molecule has 0 bridgehead atoms. The van der Waals surface area contributed by atoms with E-state index in [0.717, 1.165) is 75.8 Å². The maximum atomic E-state index is 13.7. The summed E-state index contributed by atoms with van der Waals surface area (Å²) in [5.41, 5.74) is 3.01. The van der Waals surface area contributed by atoms with Gasteiger partial charge in [-0.05, 0) is 62.3 Å². The number of carbonyl (C=O) groups is 2. The normalized spacial score (nSPS) is 21.2. The van der Waals surface area contributed by atoms with Crippen LogP contribution in [0.3, 0.4) is 0 Å². The van der Waals surface area contributed by atoms with Gasteiger partial charge >= 0.3 is 0 Å². The number of thiophene rings is 1. The van der Waals surface area contributed by atoms with E-state index in [4.69, 9.17) is 4.74 Å². The minimum atomic E-state index is -0.371. The predicted octanol–water partition coefficient (Wildman–Crippen LogP) is 4.27. The standard InChI is InChI=1S/C28H37N3O3S/c1-30-17-18-34-24-9-5-4-8-21(24)7-3-2-6-11-28(27(30)33)12-15-31(16-13-28)26(32)23-20-35-25-19-29-14-10-22(23)25/h4-5,8-9,20,29H,2-3,6-7,10-19H2,1H3. The maximum absolute atomic E-state index is 13.7. The Morgan fingerprint density at radius 2 is 1.89 bits per heavy atom. The first-order valence-corrected chi connectivity index (χ1v) is 14.0. The molecule has 7 heteroatoms. The third-order valence-corrected chi connectivity index (χ3v) is 9.14. The van der Waals surface area contributed by atoms with Gasteiger partial charge in [-0.25, -0.2) is 0 Å². The Hall–Kier alpha value is -2.38. The van der Waals surface area contributed by atoms with Gasteiger partial charge in [-0.1, -0.05) is 31.0 Å². The van der Waals surface area contributed by atoms with Crippen molar-refractivity contribution in [2.24, 2.45) is 5.41 Å². The van der Waals surface area contributed by atoms with Crippen molar-refractivity contribution in [3.05, 3.63) is 51.2 Å². The fourth-order valence-corrected chi connectivity index (χ4v) is 6.97. The van der Waals surface area contributed by atoms with Crippen molar-refractivity contribution in [1.29, 1.82) is 0 Å². The summed E-state index contributed by atoms with van der Waals surface area (Å²) in [5, 5.41) is 5.44. The minimum absolute atomic E-state index is 0.149. The Morgan fingerprint density at radius 1 is 1.06 bits per heavy atom. The van der Waals surface area contributed by atoms with Crippen LogP contribution < -0.4 is 10.1 Å². The lowest BCUT2D eigenvalue weighted by Crippen LogP contribution is -2.51. The molecule has 1 saturated heterocycles. The van der Waals surface area contributed by atoms with E-state index in [-0.39, 0.29) is 17.2 Å². The molecule has 35 heavy (non-hydrogen) atoms. The summed E-state index contributed by atoms with van der Waals surface area (Å²) in [7, 11) is 1.90. The van der Waals surface area contributed by atoms with Gasteiger partial charge in [-0.15, -0.1) is 11.3 Å². The second-order valence-corrected chi connectivity index (χ2v) is 11.3. The molecule has 1 aromatic carbocycles. The summed E-state index contributed by atoms with van der Waals surface area (Å²) in [6.45, 7) is 4.19. The van der Waals surface area contributed by atoms with Crippen molar-refractivity contribution in [3.8, 4) is 5.75 Å². The van der Waals surface area contributed by atoms with Gasteiger partial charge in [0.25, 0.3) is 5.91 Å². The highest BCUT2D eigenvalue weighted by Crippen LogP contribution is 2.40. The van der Waals surface area contributed by atoms with E-state index >= 15 is 0 Å². The Kier molecular flexibility index (Phi) is 7.44. The summed E-state index contributed by atoms with van der Waals surface area (Å²) in [6, 6.07) is 8.27. The van der Waals surface area contributed by atoms with Crippen LogP contribution in [0.15, 0.2) is 29.6 Å². The molecule has 5 rings (SSSR count). The van der Waals surface area contributed by atoms with Gasteiger partial charge in [0, 0.05) is 36.9 Å². The van der Waals surface area contributed by atoms with Crippen LogP contribution in [0, 0.1) is 5.41 Å². The summed E-state index contributed by atoms with van der Waals surface area (Å²) in [5.74, 6) is 1.32. The number of carbonyl (C=O) groups excluding carboxylic acids is 2. The van der Waals surface area contributed by atoms with E-state index in [1.807, 2.05) is 34.4 Å². The second-order valence-electron chi connectivity index (χ2n) is 10.3. The zero-order valence-corrected chi connectivity index (χ0v) is 21.6. The highest BCUT2D eigenvalue weighted by atomic mass is 32.1. The van der Waals surface area contributed by atoms with Gasteiger partial charge in [-0.2, -0.15) is 0 Å². The van der Waals surface area contributed by atoms with E-state index in [1.165, 1.54) is 16.0 Å². The van der Waals surface area contributed by atoms with E-state index in [0.29, 0.717) is 26.2 Å². The van der Waals surface area contributed by atoms with Crippen LogP contribution in [0.2, 0.25) is 0 Å². The molecule has 1 N–H and O–H groups in total. The average Bonchev–Trinajstić information content (AvgIpc) is 3.32. The molecule has 4 heterocycles. The van der Waals surface area contributed by atoms with Crippen LogP contribution in [0.4, 0.5) is 0 Å². The Labute approximate surface area is 212 Å². The summed E-state index contributed by atoms with van der Waals surface area (Å²) < 4.78 is 6.08. The van der Waals surface area contributed by atoms with E-state index < -0.39 is 0 Å². The first kappa shape index (κ1) is 24.3. The summed E-state index contributed by atoms with van der Waals surface area (Å²) in [4.78, 5) is 32.3. The number of fused-ring (bicyclic) bond motifs is 2. The average molecular weight is 496 g/mol. The number of piperidine rings is 1. The minimum Gasteiger partial charge on any atom is -0.491 e. The molecule has 0 saturated carbocycles. The smallest absolute Gasteiger partial charge is 0.254 e. The molecule has 0 aliphatic carbocycles. The number of benzene rings is 1. The zero-order chi connectivity index (χ0) is 24.3. The largest absolute Gasteiger partial charge is 0.491 e. The van der Waals surface area contributed by atoms with Crippen LogP contribution in [-0.4, -0.2) is 61.4 Å². The van der Waals surface area contributed by atoms with Crippen molar-refractivity contribution >= 4 is 23.2 Å². The van der Waals surface area contributed by atoms with Crippen molar-refractivity contribution in [1.82, 2.24) is 15.1 Å². The third kappa shape index (κ3) is 5.12. The molecule has 6 nitrogen and oxygen atoms in total. The first-order valence-electron chi connectivity index (χ1n) is 13.1. The van der Waals surface area contributed by atoms with Crippen LogP contribution in [0.5, 0.6) is 5.75 Å². The molecular formula is C28H37N3O3S. The number of hydrogen-bond acceptors (Lipinski definition) is 5. The third-order valence-electron chi connectivity index (χ3n) is 8.11. The lowest BCUT2D eigenvalue weighted by Gasteiger charge is -2.42. The van der Waals surface area contributed by atoms with Crippen LogP contribution in [0.25, 0.3) is 0 Å². The molecule has 3 aliphatic rings. The molecule has 1 spiro atoms. The predicted molar refractivity (Wildman–Crippen MR) is 139 cm³/mol. The van der Waals surface area contributed by atoms with E-state index in [9.17, 15) is 9.59 Å². The molecule has 0 radical (unpaired) electrons. The van der Waals surface area contributed by atoms with E-state index in [2.05, 4.69) is 17.4 Å². The lowest BCUT2D eigenvalue weighted by molar-refractivity contribution is -0.144. The van der Waals surface area contributed by atoms with Crippen molar-refractivity contribution in [2.75, 3.05) is 39.8 Å². The van der Waals surface area contributed by atoms with Crippen LogP contribution in [0.1, 0.15) is 64.9 Å². The van der Waals surface area contributed by atoms with Gasteiger partial charge in [0.2, 0.25) is 5.91 Å². The molecular weight excluding hydrogens is 458 g/mol. The Balaban J connectivity index is 1.26. The maximum Gasteiger partial charge on any atom is 0.254 e. The molecule has 3 aliphatic heterocycles. The van der Waals surface area contributed by atoms with Crippen molar-refractivity contribution in [3.63, 3.8) is 0 Å². The highest BCUT2D eigenvalue weighted by Gasteiger charge is 2.43. The van der Waals surface area contributed by atoms with Crippen molar-refractivity contribution in [2.45, 2.75) is 57.9 Å². The number of aryl methyl sites for hydroxylation is 1. The number of likely N-dealkylation sites (N-methyl/N-ethyl adjacent to an activating group) is 1. The second kappa shape index (κ2) is 10.7. The van der Waals surface area contributed by atoms with Gasteiger partial charge in [0.1, 0.15) is 12.4 Å². The number of rotatable bonds is 1. The SMILES string of the molecule is CN1CCOc2ccccc2CCCCCC2(CCN(C(=O)c3csc4c3CCNC4)CC2)C1=O. The van der Waals surface area contributed by atoms with Gasteiger partial charge < -0.3 is 19.9 Å². The van der Waals surface area contributed by atoms with Gasteiger partial charge in [0.15, 0.2) is 0 Å². The van der Waals surface area contributed by atoms with Crippen molar-refractivity contribution < 1.29 is 14.3 Å². The number of amides is 2. The van der Waals surface area contributed by atoms with Crippen LogP contribution >= 0.6 is 11.3 Å². The highest BCUT2D eigenvalue weighted by molar-refractivity contribution is 7.10. The number of ether oxygens (including phenoxy) is 1. The fraction of sp³-hybridized carbons (Fsp3) is 0.571. The molecule has 0 unspecified atom stereocenters.